The number of amides is 1. The lowest BCUT2D eigenvalue weighted by atomic mass is 10.0. The molecular weight excluding hydrogens is 258 g/mol. The molecule has 0 saturated carbocycles. The Balaban J connectivity index is 1.97. The van der Waals surface area contributed by atoms with Crippen LogP contribution in [0, 0.1) is 5.92 Å². The second-order valence-electron chi connectivity index (χ2n) is 5.45. The van der Waals surface area contributed by atoms with Crippen LogP contribution in [0.5, 0.6) is 5.75 Å². The molecule has 2 unspecified atom stereocenters. The Bertz CT molecular complexity index is 547. The van der Waals surface area contributed by atoms with Gasteiger partial charge in [-0.05, 0) is 18.4 Å². The fourth-order valence-electron chi connectivity index (χ4n) is 2.97. The molecule has 20 heavy (non-hydrogen) atoms. The summed E-state index contributed by atoms with van der Waals surface area (Å²) in [4.78, 5) is 13.5. The van der Waals surface area contributed by atoms with Gasteiger partial charge < -0.3 is 25.8 Å². The molecule has 6 heteroatoms. The largest absolute Gasteiger partial charge is 0.482 e. The highest BCUT2D eigenvalue weighted by Crippen LogP contribution is 2.40. The van der Waals surface area contributed by atoms with E-state index >= 15 is 0 Å². The monoisotopic (exact) mass is 277 g/mol. The number of rotatable bonds is 2. The van der Waals surface area contributed by atoms with Crippen molar-refractivity contribution in [1.82, 2.24) is 0 Å². The van der Waals surface area contributed by atoms with Crippen molar-refractivity contribution in [2.24, 2.45) is 5.92 Å². The van der Waals surface area contributed by atoms with Crippen molar-refractivity contribution in [2.45, 2.75) is 19.4 Å². The van der Waals surface area contributed by atoms with Crippen LogP contribution in [0.15, 0.2) is 12.1 Å². The van der Waals surface area contributed by atoms with E-state index in [1.165, 1.54) is 0 Å². The number of hydrogen-bond donors (Lipinski definition) is 3. The second-order valence-corrected chi connectivity index (χ2v) is 5.45. The van der Waals surface area contributed by atoms with E-state index in [1.807, 2.05) is 6.07 Å². The number of nitrogen functional groups attached to an aromatic ring is 1. The number of nitrogens with zero attached hydrogens (tertiary/aromatic N) is 1. The molecule has 2 aliphatic rings. The third-order valence-corrected chi connectivity index (χ3v) is 4.14. The van der Waals surface area contributed by atoms with Crippen LogP contribution in [0.1, 0.15) is 13.3 Å². The van der Waals surface area contributed by atoms with Gasteiger partial charge >= 0.3 is 0 Å². The first-order valence-electron chi connectivity index (χ1n) is 6.84. The van der Waals surface area contributed by atoms with Crippen molar-refractivity contribution < 1.29 is 14.6 Å². The fourth-order valence-corrected chi connectivity index (χ4v) is 2.97. The number of ether oxygens (including phenoxy) is 1. The smallest absolute Gasteiger partial charge is 0.262 e. The summed E-state index contributed by atoms with van der Waals surface area (Å²) in [6.07, 6.45) is 1.02. The summed E-state index contributed by atoms with van der Waals surface area (Å²) in [6.45, 7) is 3.09. The molecule has 6 nitrogen and oxygen atoms in total. The first kappa shape index (κ1) is 13.1. The van der Waals surface area contributed by atoms with Crippen LogP contribution >= 0.6 is 0 Å². The third kappa shape index (κ3) is 2.06. The molecule has 4 N–H and O–H groups in total. The minimum absolute atomic E-state index is 0.0196. The van der Waals surface area contributed by atoms with Gasteiger partial charge in [-0.15, -0.1) is 0 Å². The summed E-state index contributed by atoms with van der Waals surface area (Å²) in [6, 6.07) is 3.64. The van der Waals surface area contributed by atoms with Crippen molar-refractivity contribution in [3.05, 3.63) is 12.1 Å². The Morgan fingerprint density at radius 2 is 2.35 bits per heavy atom. The van der Waals surface area contributed by atoms with Crippen LogP contribution in [0.3, 0.4) is 0 Å². The number of carbonyl (C=O) groups excluding carboxylic acids is 1. The molecule has 0 radical (unpaired) electrons. The van der Waals surface area contributed by atoms with Gasteiger partial charge in [-0.3, -0.25) is 4.79 Å². The average Bonchev–Trinajstić information content (AvgIpc) is 2.79. The van der Waals surface area contributed by atoms with E-state index < -0.39 is 0 Å². The van der Waals surface area contributed by atoms with Crippen molar-refractivity contribution in [2.75, 3.05) is 35.7 Å². The number of benzene rings is 1. The van der Waals surface area contributed by atoms with Gasteiger partial charge in [-0.1, -0.05) is 6.92 Å². The normalized spacial score (nSPS) is 25.1. The molecule has 1 aromatic rings. The number of anilines is 3. The predicted octanol–water partition coefficient (Wildman–Crippen LogP) is 0.807. The minimum atomic E-state index is -0.165. The van der Waals surface area contributed by atoms with E-state index in [0.717, 1.165) is 18.7 Å². The first-order valence-corrected chi connectivity index (χ1v) is 6.84. The summed E-state index contributed by atoms with van der Waals surface area (Å²) >= 11 is 0. The minimum Gasteiger partial charge on any atom is -0.482 e. The van der Waals surface area contributed by atoms with Gasteiger partial charge in [-0.2, -0.15) is 0 Å². The Labute approximate surface area is 117 Å². The SMILES string of the molecule is CC1CCN(c2cc3c(cc2N)OCC(=O)N3)C1CO. The van der Waals surface area contributed by atoms with E-state index in [2.05, 4.69) is 17.1 Å². The highest BCUT2D eigenvalue weighted by Gasteiger charge is 2.32. The van der Waals surface area contributed by atoms with E-state index in [0.29, 0.717) is 23.0 Å². The van der Waals surface area contributed by atoms with Crippen LogP contribution in [0.2, 0.25) is 0 Å². The standard InChI is InChI=1S/C14H19N3O3/c1-8-2-3-17(12(8)6-18)11-5-10-13(4-9(11)15)20-7-14(19)16-10/h4-5,8,12,18H,2-3,6-7,15H2,1H3,(H,16,19). The lowest BCUT2D eigenvalue weighted by Gasteiger charge is -2.30. The van der Waals surface area contributed by atoms with E-state index in [4.69, 9.17) is 10.5 Å². The van der Waals surface area contributed by atoms with Crippen LogP contribution in [0.4, 0.5) is 17.1 Å². The number of carbonyl (C=O) groups is 1. The second kappa shape index (κ2) is 4.86. The Hall–Kier alpha value is -1.95. The number of aliphatic hydroxyl groups excluding tert-OH is 1. The predicted molar refractivity (Wildman–Crippen MR) is 77.0 cm³/mol. The molecule has 0 bridgehead atoms. The third-order valence-electron chi connectivity index (χ3n) is 4.14. The zero-order chi connectivity index (χ0) is 14.3. The summed E-state index contributed by atoms with van der Waals surface area (Å²) in [5, 5.41) is 12.3. The average molecular weight is 277 g/mol. The molecular formula is C14H19N3O3. The van der Waals surface area contributed by atoms with Crippen LogP contribution in [-0.4, -0.2) is 36.8 Å². The van der Waals surface area contributed by atoms with Crippen molar-refractivity contribution in [1.29, 1.82) is 0 Å². The molecule has 108 valence electrons. The molecule has 1 aromatic carbocycles. The van der Waals surface area contributed by atoms with Crippen LogP contribution in [0.25, 0.3) is 0 Å². The van der Waals surface area contributed by atoms with Crippen molar-refractivity contribution in [3.8, 4) is 5.75 Å². The Kier molecular flexibility index (Phi) is 3.17. The fraction of sp³-hybridized carbons (Fsp3) is 0.500. The van der Waals surface area contributed by atoms with Crippen molar-refractivity contribution >= 4 is 23.0 Å². The maximum atomic E-state index is 11.4. The van der Waals surface area contributed by atoms with Gasteiger partial charge in [-0.25, -0.2) is 0 Å². The van der Waals surface area contributed by atoms with Crippen molar-refractivity contribution in [3.63, 3.8) is 0 Å². The van der Waals surface area contributed by atoms with Gasteiger partial charge in [0.2, 0.25) is 0 Å². The number of nitrogens with one attached hydrogen (secondary N) is 1. The molecule has 2 heterocycles. The van der Waals surface area contributed by atoms with Crippen LogP contribution < -0.4 is 20.7 Å². The molecule has 0 aromatic heterocycles. The summed E-state index contributed by atoms with van der Waals surface area (Å²) < 4.78 is 5.35. The number of hydrogen-bond acceptors (Lipinski definition) is 5. The van der Waals surface area contributed by atoms with Gasteiger partial charge in [0.1, 0.15) is 5.75 Å². The molecule has 0 aliphatic carbocycles. The molecule has 2 aliphatic heterocycles. The Morgan fingerprint density at radius 3 is 3.10 bits per heavy atom. The van der Waals surface area contributed by atoms with E-state index in [-0.39, 0.29) is 25.2 Å². The quantitative estimate of drug-likeness (QED) is 0.696. The molecule has 0 spiro atoms. The van der Waals surface area contributed by atoms with E-state index in [1.54, 1.807) is 6.07 Å². The number of aliphatic hydroxyl groups is 1. The lowest BCUT2D eigenvalue weighted by molar-refractivity contribution is -0.118. The summed E-state index contributed by atoms with van der Waals surface area (Å²) in [7, 11) is 0. The molecule has 1 amide bonds. The molecule has 1 saturated heterocycles. The van der Waals surface area contributed by atoms with Gasteiger partial charge in [0, 0.05) is 12.6 Å². The van der Waals surface area contributed by atoms with Gasteiger partial charge in [0.05, 0.1) is 29.7 Å². The highest BCUT2D eigenvalue weighted by molar-refractivity contribution is 5.97. The molecule has 3 rings (SSSR count). The number of nitrogens with two attached hydrogens (primary N) is 1. The topological polar surface area (TPSA) is 87.8 Å². The van der Waals surface area contributed by atoms with Crippen LogP contribution in [-0.2, 0) is 4.79 Å². The molecule has 1 fully saturated rings. The zero-order valence-electron chi connectivity index (χ0n) is 11.4. The lowest BCUT2D eigenvalue weighted by Crippen LogP contribution is -2.36. The summed E-state index contributed by atoms with van der Waals surface area (Å²) in [5.74, 6) is 0.849. The Morgan fingerprint density at radius 1 is 1.55 bits per heavy atom. The van der Waals surface area contributed by atoms with Gasteiger partial charge in [0.15, 0.2) is 6.61 Å². The van der Waals surface area contributed by atoms with E-state index in [9.17, 15) is 9.90 Å². The maximum Gasteiger partial charge on any atom is 0.262 e. The molecule has 2 atom stereocenters. The summed E-state index contributed by atoms with van der Waals surface area (Å²) in [5.41, 5.74) is 8.20. The number of fused-ring (bicyclic) bond motifs is 1. The van der Waals surface area contributed by atoms with Gasteiger partial charge in [0.25, 0.3) is 5.91 Å². The first-order chi connectivity index (χ1) is 9.60. The zero-order valence-corrected chi connectivity index (χ0v) is 11.4. The highest BCUT2D eigenvalue weighted by atomic mass is 16.5. The maximum absolute atomic E-state index is 11.4.